The van der Waals surface area contributed by atoms with E-state index in [0.29, 0.717) is 29.5 Å². The maximum Gasteiger partial charge on any atom is 0.252 e. The lowest BCUT2D eigenvalue weighted by Crippen LogP contribution is -2.56. The Balaban J connectivity index is 1.42. The van der Waals surface area contributed by atoms with Crippen molar-refractivity contribution in [3.8, 4) is 0 Å². The molecule has 2 atom stereocenters. The van der Waals surface area contributed by atoms with Crippen LogP contribution in [0.4, 0.5) is 0 Å². The van der Waals surface area contributed by atoms with E-state index >= 15 is 0 Å². The van der Waals surface area contributed by atoms with Crippen molar-refractivity contribution in [2.24, 2.45) is 0 Å². The first-order chi connectivity index (χ1) is 12.3. The number of sulfonamides is 1. The molecule has 2 amide bonds. The fourth-order valence-electron chi connectivity index (χ4n) is 3.90. The lowest BCUT2D eigenvalue weighted by molar-refractivity contribution is -0.144. The molecule has 26 heavy (non-hydrogen) atoms. The number of amides is 2. The molecule has 0 N–H and O–H groups in total. The molecule has 0 unspecified atom stereocenters. The average molecular weight is 416 g/mol. The van der Waals surface area contributed by atoms with Crippen LogP contribution in [0.5, 0.6) is 0 Å². The molecule has 3 saturated heterocycles. The van der Waals surface area contributed by atoms with E-state index in [0.717, 1.165) is 6.42 Å². The van der Waals surface area contributed by atoms with Crippen LogP contribution < -0.4 is 0 Å². The minimum absolute atomic E-state index is 0.0507. The van der Waals surface area contributed by atoms with Crippen LogP contribution in [0.2, 0.25) is 0 Å². The standard InChI is InChI=1S/C16H21N3O4S3/c1-16-5-4-13(20)19(16)12(11-25-16)15(21)17-6-8-18(9-7-17)26(22,23)14-3-2-10-24-14/h2-3,10,12H,4-9,11H2,1H3/t12-,16+/m0/s1. The van der Waals surface area contributed by atoms with Crippen molar-refractivity contribution >= 4 is 44.9 Å². The maximum absolute atomic E-state index is 13.0. The van der Waals surface area contributed by atoms with Gasteiger partial charge in [-0.15, -0.1) is 23.1 Å². The largest absolute Gasteiger partial charge is 0.338 e. The van der Waals surface area contributed by atoms with E-state index in [-0.39, 0.29) is 29.8 Å². The second-order valence-electron chi connectivity index (χ2n) is 6.93. The number of nitrogens with zero attached hydrogens (tertiary/aromatic N) is 3. The summed E-state index contributed by atoms with van der Waals surface area (Å²) >= 11 is 2.88. The Morgan fingerprint density at radius 1 is 1.27 bits per heavy atom. The molecular formula is C16H21N3O4S3. The lowest BCUT2D eigenvalue weighted by atomic mass is 10.2. The van der Waals surface area contributed by atoms with Gasteiger partial charge >= 0.3 is 0 Å². The van der Waals surface area contributed by atoms with E-state index in [1.165, 1.54) is 15.6 Å². The molecule has 0 radical (unpaired) electrons. The quantitative estimate of drug-likeness (QED) is 0.737. The average Bonchev–Trinajstić information content (AvgIpc) is 3.33. The summed E-state index contributed by atoms with van der Waals surface area (Å²) in [5.41, 5.74) is 0. The number of thiophene rings is 1. The number of piperazine rings is 1. The van der Waals surface area contributed by atoms with Crippen LogP contribution in [0.15, 0.2) is 21.7 Å². The molecule has 3 aliphatic rings. The monoisotopic (exact) mass is 415 g/mol. The second-order valence-corrected chi connectivity index (χ2v) is 11.5. The van der Waals surface area contributed by atoms with Crippen LogP contribution in [0.3, 0.4) is 0 Å². The number of carbonyl (C=O) groups excluding carboxylic acids is 2. The maximum atomic E-state index is 13.0. The van der Waals surface area contributed by atoms with Gasteiger partial charge in [0.1, 0.15) is 10.3 Å². The first kappa shape index (κ1) is 18.3. The van der Waals surface area contributed by atoms with Crippen molar-refractivity contribution < 1.29 is 18.0 Å². The molecule has 142 valence electrons. The molecule has 3 aliphatic heterocycles. The smallest absolute Gasteiger partial charge is 0.252 e. The minimum atomic E-state index is -3.47. The Morgan fingerprint density at radius 3 is 2.65 bits per heavy atom. The first-order valence-corrected chi connectivity index (χ1v) is 11.9. The number of rotatable bonds is 3. The van der Waals surface area contributed by atoms with Crippen LogP contribution in [0.25, 0.3) is 0 Å². The van der Waals surface area contributed by atoms with E-state index in [4.69, 9.17) is 0 Å². The predicted octanol–water partition coefficient (Wildman–Crippen LogP) is 1.04. The number of hydrogen-bond acceptors (Lipinski definition) is 6. The Bertz CT molecular complexity index is 818. The molecule has 7 nitrogen and oxygen atoms in total. The van der Waals surface area contributed by atoms with E-state index < -0.39 is 16.1 Å². The Hall–Kier alpha value is -1.10. The van der Waals surface area contributed by atoms with Gasteiger partial charge < -0.3 is 9.80 Å². The molecule has 1 aromatic heterocycles. The predicted molar refractivity (Wildman–Crippen MR) is 100 cm³/mol. The highest BCUT2D eigenvalue weighted by molar-refractivity contribution is 8.01. The molecule has 0 saturated carbocycles. The molecular weight excluding hydrogens is 394 g/mol. The van der Waals surface area contributed by atoms with Gasteiger partial charge in [0.05, 0.1) is 4.87 Å². The van der Waals surface area contributed by atoms with Gasteiger partial charge in [0.15, 0.2) is 0 Å². The van der Waals surface area contributed by atoms with Crippen LogP contribution in [-0.2, 0) is 19.6 Å². The van der Waals surface area contributed by atoms with E-state index in [9.17, 15) is 18.0 Å². The fourth-order valence-corrected chi connectivity index (χ4v) is 7.89. The Morgan fingerprint density at radius 2 is 2.00 bits per heavy atom. The van der Waals surface area contributed by atoms with Crippen molar-refractivity contribution in [3.63, 3.8) is 0 Å². The summed E-state index contributed by atoms with van der Waals surface area (Å²) in [5, 5.41) is 1.74. The van der Waals surface area contributed by atoms with Crippen LogP contribution in [0.1, 0.15) is 19.8 Å². The summed E-state index contributed by atoms with van der Waals surface area (Å²) in [5.74, 6) is 0.619. The lowest BCUT2D eigenvalue weighted by Gasteiger charge is -2.37. The van der Waals surface area contributed by atoms with Gasteiger partial charge in [-0.05, 0) is 24.8 Å². The summed E-state index contributed by atoms with van der Waals surface area (Å²) in [6, 6.07) is 2.91. The summed E-state index contributed by atoms with van der Waals surface area (Å²) in [7, 11) is -3.47. The molecule has 10 heteroatoms. The van der Waals surface area contributed by atoms with Gasteiger partial charge in [-0.25, -0.2) is 8.42 Å². The molecule has 0 bridgehead atoms. The topological polar surface area (TPSA) is 78.0 Å². The zero-order valence-corrected chi connectivity index (χ0v) is 16.9. The number of hydrogen-bond donors (Lipinski definition) is 0. The summed E-state index contributed by atoms with van der Waals surface area (Å²) in [6.45, 7) is 3.34. The highest BCUT2D eigenvalue weighted by Crippen LogP contribution is 2.47. The first-order valence-electron chi connectivity index (χ1n) is 8.61. The summed E-state index contributed by atoms with van der Waals surface area (Å²) in [4.78, 5) is 28.4. The van der Waals surface area contributed by atoms with Crippen molar-refractivity contribution in [2.75, 3.05) is 31.9 Å². The van der Waals surface area contributed by atoms with E-state index in [1.807, 2.05) is 6.92 Å². The van der Waals surface area contributed by atoms with Gasteiger partial charge in [0, 0.05) is 38.4 Å². The third kappa shape index (κ3) is 2.87. The molecule has 0 spiro atoms. The second kappa shape index (κ2) is 6.50. The third-order valence-corrected chi connectivity index (χ3v) is 10.1. The number of fused-ring (bicyclic) bond motifs is 1. The number of carbonyl (C=O) groups is 2. The summed E-state index contributed by atoms with van der Waals surface area (Å²) in [6.07, 6.45) is 1.28. The van der Waals surface area contributed by atoms with Crippen LogP contribution >= 0.6 is 23.1 Å². The highest BCUT2D eigenvalue weighted by Gasteiger charge is 2.53. The molecule has 3 fully saturated rings. The Kier molecular flexibility index (Phi) is 4.57. The fraction of sp³-hybridized carbons (Fsp3) is 0.625. The van der Waals surface area contributed by atoms with Gasteiger partial charge in [-0.2, -0.15) is 4.31 Å². The molecule has 0 aliphatic carbocycles. The van der Waals surface area contributed by atoms with Crippen molar-refractivity contribution in [1.29, 1.82) is 0 Å². The molecule has 4 heterocycles. The molecule has 1 aromatic rings. The van der Waals surface area contributed by atoms with Crippen molar-refractivity contribution in [2.45, 2.75) is 34.9 Å². The zero-order valence-electron chi connectivity index (χ0n) is 14.5. The highest BCUT2D eigenvalue weighted by atomic mass is 32.2. The van der Waals surface area contributed by atoms with Gasteiger partial charge in [0.25, 0.3) is 10.0 Å². The SMILES string of the molecule is C[C@@]12CCC(=O)N1[C@H](C(=O)N1CCN(S(=O)(=O)c3cccs3)CC1)CS2. The molecule has 0 aromatic carbocycles. The van der Waals surface area contributed by atoms with Gasteiger partial charge in [-0.1, -0.05) is 6.07 Å². The van der Waals surface area contributed by atoms with Crippen molar-refractivity contribution in [1.82, 2.24) is 14.1 Å². The van der Waals surface area contributed by atoms with Crippen LogP contribution in [-0.4, -0.2) is 77.2 Å². The van der Waals surface area contributed by atoms with Gasteiger partial charge in [-0.3, -0.25) is 9.59 Å². The van der Waals surface area contributed by atoms with Crippen LogP contribution in [0, 0.1) is 0 Å². The Labute approximate surface area is 161 Å². The normalized spacial score (nSPS) is 30.0. The minimum Gasteiger partial charge on any atom is -0.338 e. The molecule has 4 rings (SSSR count). The van der Waals surface area contributed by atoms with Gasteiger partial charge in [0.2, 0.25) is 11.8 Å². The third-order valence-electron chi connectivity index (χ3n) is 5.37. The van der Waals surface area contributed by atoms with E-state index in [1.54, 1.807) is 39.1 Å². The zero-order chi connectivity index (χ0) is 18.5. The van der Waals surface area contributed by atoms with E-state index in [2.05, 4.69) is 0 Å². The number of thioether (sulfide) groups is 1. The summed E-state index contributed by atoms with van der Waals surface area (Å²) < 4.78 is 27.0. The van der Waals surface area contributed by atoms with Crippen molar-refractivity contribution in [3.05, 3.63) is 17.5 Å².